The van der Waals surface area contributed by atoms with Gasteiger partial charge in [0.1, 0.15) is 10.6 Å². The molecule has 0 radical (unpaired) electrons. The maximum absolute atomic E-state index is 4.60. The Hall–Kier alpha value is -2.08. The van der Waals surface area contributed by atoms with Gasteiger partial charge in [-0.3, -0.25) is 0 Å². The lowest BCUT2D eigenvalue weighted by Gasteiger charge is -2.05. The normalized spacial score (nSPS) is 10.9. The molecule has 3 heterocycles. The number of fused-ring (bicyclic) bond motifs is 1. The van der Waals surface area contributed by atoms with E-state index in [1.54, 1.807) is 29.8 Å². The molecule has 3 rings (SSSR count). The summed E-state index contributed by atoms with van der Waals surface area (Å²) < 4.78 is 0. The Morgan fingerprint density at radius 1 is 1.10 bits per heavy atom. The first-order valence-corrected chi connectivity index (χ1v) is 7.45. The second-order valence-corrected chi connectivity index (χ2v) is 5.40. The second-order valence-electron chi connectivity index (χ2n) is 4.28. The highest BCUT2D eigenvalue weighted by atomic mass is 32.1. The highest BCUT2D eigenvalue weighted by Crippen LogP contribution is 2.30. The van der Waals surface area contributed by atoms with Crippen LogP contribution in [0.25, 0.3) is 21.9 Å². The Labute approximate surface area is 121 Å². The summed E-state index contributed by atoms with van der Waals surface area (Å²) in [6.07, 6.45) is 4.41. The smallest absolute Gasteiger partial charge is 0.201 e. The molecule has 0 bridgehead atoms. The van der Waals surface area contributed by atoms with Gasteiger partial charge in [0, 0.05) is 23.8 Å². The lowest BCUT2D eigenvalue weighted by Crippen LogP contribution is -2.03. The fraction of sp³-hybridized carbons (Fsp3) is 0.286. The lowest BCUT2D eigenvalue weighted by molar-refractivity contribution is 1.09. The summed E-state index contributed by atoms with van der Waals surface area (Å²) in [5, 5.41) is 4.38. The standard InChI is InChI=1S/C14H15N5S/c1-3-9-8-10-11(15-4-2)18-13(19-14(10)20-9)12-16-6-5-7-17-12/h5-8H,3-4H2,1-2H3,(H,15,18,19). The number of rotatable bonds is 4. The molecular formula is C14H15N5S. The predicted octanol–water partition coefficient (Wildman–Crippen LogP) is 3.14. The van der Waals surface area contributed by atoms with Crippen molar-refractivity contribution < 1.29 is 0 Å². The summed E-state index contributed by atoms with van der Waals surface area (Å²) in [6.45, 7) is 5.02. The quantitative estimate of drug-likeness (QED) is 0.798. The molecule has 0 atom stereocenters. The first-order chi connectivity index (χ1) is 9.81. The third kappa shape index (κ3) is 2.34. The number of thiophene rings is 1. The SMILES string of the molecule is CCNc1nc(-c2ncccn2)nc2sc(CC)cc12. The number of aromatic nitrogens is 4. The van der Waals surface area contributed by atoms with Crippen LogP contribution >= 0.6 is 11.3 Å². The molecule has 0 aromatic carbocycles. The van der Waals surface area contributed by atoms with Gasteiger partial charge in [-0.2, -0.15) is 0 Å². The average molecular weight is 285 g/mol. The van der Waals surface area contributed by atoms with Gasteiger partial charge in [0.05, 0.1) is 5.39 Å². The van der Waals surface area contributed by atoms with Crippen molar-refractivity contribution in [1.29, 1.82) is 0 Å². The largest absolute Gasteiger partial charge is 0.370 e. The average Bonchev–Trinajstić information content (AvgIpc) is 2.92. The minimum atomic E-state index is 0.556. The zero-order valence-electron chi connectivity index (χ0n) is 11.4. The van der Waals surface area contributed by atoms with Crippen LogP contribution in [-0.2, 0) is 6.42 Å². The fourth-order valence-corrected chi connectivity index (χ4v) is 2.93. The van der Waals surface area contributed by atoms with Crippen LogP contribution in [0.5, 0.6) is 0 Å². The van der Waals surface area contributed by atoms with Crippen LogP contribution in [-0.4, -0.2) is 26.5 Å². The Balaban J connectivity index is 2.19. The van der Waals surface area contributed by atoms with Crippen molar-refractivity contribution in [1.82, 2.24) is 19.9 Å². The molecule has 0 saturated carbocycles. The van der Waals surface area contributed by atoms with E-state index in [0.29, 0.717) is 11.6 Å². The van der Waals surface area contributed by atoms with E-state index in [9.17, 15) is 0 Å². The van der Waals surface area contributed by atoms with Crippen molar-refractivity contribution in [3.05, 3.63) is 29.4 Å². The van der Waals surface area contributed by atoms with Crippen LogP contribution in [0.4, 0.5) is 5.82 Å². The van der Waals surface area contributed by atoms with Crippen LogP contribution in [0.3, 0.4) is 0 Å². The molecule has 5 nitrogen and oxygen atoms in total. The van der Waals surface area contributed by atoms with E-state index in [1.807, 2.05) is 0 Å². The molecule has 0 aliphatic heterocycles. The molecule has 0 amide bonds. The fourth-order valence-electron chi connectivity index (χ4n) is 1.96. The summed E-state index contributed by atoms with van der Waals surface area (Å²) in [7, 11) is 0. The highest BCUT2D eigenvalue weighted by Gasteiger charge is 2.13. The Kier molecular flexibility index (Phi) is 3.56. The summed E-state index contributed by atoms with van der Waals surface area (Å²) in [5.41, 5.74) is 0. The lowest BCUT2D eigenvalue weighted by atomic mass is 10.3. The van der Waals surface area contributed by atoms with Gasteiger partial charge in [0.25, 0.3) is 0 Å². The minimum Gasteiger partial charge on any atom is -0.370 e. The van der Waals surface area contributed by atoms with Gasteiger partial charge in [0.15, 0.2) is 5.82 Å². The van der Waals surface area contributed by atoms with E-state index < -0.39 is 0 Å². The Morgan fingerprint density at radius 3 is 2.60 bits per heavy atom. The van der Waals surface area contributed by atoms with Crippen LogP contribution in [0, 0.1) is 0 Å². The van der Waals surface area contributed by atoms with Crippen molar-refractivity contribution >= 4 is 27.4 Å². The van der Waals surface area contributed by atoms with Gasteiger partial charge < -0.3 is 5.32 Å². The third-order valence-electron chi connectivity index (χ3n) is 2.90. The maximum Gasteiger partial charge on any atom is 0.201 e. The van der Waals surface area contributed by atoms with Crippen LogP contribution < -0.4 is 5.32 Å². The molecule has 0 fully saturated rings. The predicted molar refractivity (Wildman–Crippen MR) is 82.0 cm³/mol. The van der Waals surface area contributed by atoms with Gasteiger partial charge in [-0.25, -0.2) is 19.9 Å². The van der Waals surface area contributed by atoms with Crippen molar-refractivity contribution in [2.75, 3.05) is 11.9 Å². The molecule has 102 valence electrons. The van der Waals surface area contributed by atoms with E-state index in [2.05, 4.69) is 45.2 Å². The van der Waals surface area contributed by atoms with Gasteiger partial charge in [0.2, 0.25) is 5.82 Å². The summed E-state index contributed by atoms with van der Waals surface area (Å²) in [6, 6.07) is 3.95. The Bertz CT molecular complexity index is 723. The van der Waals surface area contributed by atoms with E-state index >= 15 is 0 Å². The zero-order valence-corrected chi connectivity index (χ0v) is 12.2. The minimum absolute atomic E-state index is 0.556. The van der Waals surface area contributed by atoms with Gasteiger partial charge in [-0.1, -0.05) is 6.92 Å². The molecular weight excluding hydrogens is 270 g/mol. The Morgan fingerprint density at radius 2 is 1.90 bits per heavy atom. The second kappa shape index (κ2) is 5.50. The monoisotopic (exact) mass is 285 g/mol. The van der Waals surface area contributed by atoms with Crippen LogP contribution in [0.1, 0.15) is 18.7 Å². The first-order valence-electron chi connectivity index (χ1n) is 6.63. The number of aryl methyl sites for hydroxylation is 1. The van der Waals surface area contributed by atoms with E-state index in [0.717, 1.165) is 29.0 Å². The third-order valence-corrected chi connectivity index (χ3v) is 4.08. The van der Waals surface area contributed by atoms with Gasteiger partial charge in [-0.05, 0) is 25.5 Å². The summed E-state index contributed by atoms with van der Waals surface area (Å²) in [5.74, 6) is 1.98. The zero-order chi connectivity index (χ0) is 13.9. The summed E-state index contributed by atoms with van der Waals surface area (Å²) >= 11 is 1.70. The van der Waals surface area contributed by atoms with E-state index in [1.165, 1.54) is 4.88 Å². The highest BCUT2D eigenvalue weighted by molar-refractivity contribution is 7.18. The molecule has 20 heavy (non-hydrogen) atoms. The molecule has 0 aliphatic rings. The molecule has 0 unspecified atom stereocenters. The number of hydrogen-bond acceptors (Lipinski definition) is 6. The number of nitrogens with one attached hydrogen (secondary N) is 1. The molecule has 0 spiro atoms. The molecule has 0 saturated heterocycles. The van der Waals surface area contributed by atoms with Crippen molar-refractivity contribution in [3.8, 4) is 11.6 Å². The van der Waals surface area contributed by atoms with Gasteiger partial charge in [-0.15, -0.1) is 11.3 Å². The van der Waals surface area contributed by atoms with Crippen LogP contribution in [0.15, 0.2) is 24.5 Å². The first kappa shape index (κ1) is 12.9. The molecule has 0 aliphatic carbocycles. The van der Waals surface area contributed by atoms with Crippen molar-refractivity contribution in [2.45, 2.75) is 20.3 Å². The molecule has 3 aromatic heterocycles. The van der Waals surface area contributed by atoms with E-state index in [4.69, 9.17) is 0 Å². The maximum atomic E-state index is 4.60. The molecule has 3 aromatic rings. The molecule has 6 heteroatoms. The summed E-state index contributed by atoms with van der Waals surface area (Å²) in [4.78, 5) is 19.9. The number of hydrogen-bond donors (Lipinski definition) is 1. The van der Waals surface area contributed by atoms with Crippen molar-refractivity contribution in [3.63, 3.8) is 0 Å². The van der Waals surface area contributed by atoms with Crippen molar-refractivity contribution in [2.24, 2.45) is 0 Å². The van der Waals surface area contributed by atoms with E-state index in [-0.39, 0.29) is 0 Å². The number of anilines is 1. The topological polar surface area (TPSA) is 63.6 Å². The molecule has 1 N–H and O–H groups in total. The van der Waals surface area contributed by atoms with Gasteiger partial charge >= 0.3 is 0 Å². The number of nitrogens with zero attached hydrogens (tertiary/aromatic N) is 4. The van der Waals surface area contributed by atoms with Crippen LogP contribution in [0.2, 0.25) is 0 Å².